The zero-order valence-electron chi connectivity index (χ0n) is 32.8. The van der Waals surface area contributed by atoms with Crippen LogP contribution in [0.4, 0.5) is 5.69 Å². The number of amides is 2. The Bertz CT molecular complexity index is 1660. The van der Waals surface area contributed by atoms with Crippen molar-refractivity contribution < 1.29 is 27.9 Å². The average Bonchev–Trinajstić information content (AvgIpc) is 3.63. The van der Waals surface area contributed by atoms with E-state index in [2.05, 4.69) is 27.2 Å². The number of carbonyl (C=O) groups is 2. The van der Waals surface area contributed by atoms with E-state index in [1.54, 1.807) is 16.9 Å². The van der Waals surface area contributed by atoms with Crippen LogP contribution in [0.15, 0.2) is 36.5 Å². The van der Waals surface area contributed by atoms with E-state index in [1.807, 2.05) is 43.3 Å². The number of anilines is 1. The quantitative estimate of drug-likeness (QED) is 0.0497. The average molecular weight is 768 g/mol. The second kappa shape index (κ2) is 21.8. The van der Waals surface area contributed by atoms with Crippen LogP contribution in [-0.4, -0.2) is 103 Å². The highest BCUT2D eigenvalue weighted by Crippen LogP contribution is 2.44. The molecule has 1 N–H and O–H groups in total. The highest BCUT2D eigenvalue weighted by atomic mass is 31.2. The zero-order valence-corrected chi connectivity index (χ0v) is 33.7. The summed E-state index contributed by atoms with van der Waals surface area (Å²) < 4.78 is 32.4. The number of benzene rings is 2. The van der Waals surface area contributed by atoms with Crippen molar-refractivity contribution in [2.75, 3.05) is 71.6 Å². The van der Waals surface area contributed by atoms with E-state index < -0.39 is 7.75 Å². The van der Waals surface area contributed by atoms with E-state index in [0.717, 1.165) is 43.4 Å². The van der Waals surface area contributed by atoms with Crippen molar-refractivity contribution in [1.29, 1.82) is 0 Å². The van der Waals surface area contributed by atoms with E-state index in [9.17, 15) is 14.2 Å². The second-order valence-corrected chi connectivity index (χ2v) is 16.6. The maximum absolute atomic E-state index is 13.7. The fourth-order valence-corrected chi connectivity index (χ4v) is 8.48. The summed E-state index contributed by atoms with van der Waals surface area (Å²) in [6.07, 6.45) is 17.2. The van der Waals surface area contributed by atoms with Gasteiger partial charge in [-0.3, -0.25) is 28.2 Å². The van der Waals surface area contributed by atoms with Crippen molar-refractivity contribution in [3.05, 3.63) is 53.3 Å². The van der Waals surface area contributed by atoms with Gasteiger partial charge >= 0.3 is 7.75 Å². The molecular formula is C40H62N7O6P. The molecule has 0 saturated carbocycles. The molecule has 5 rings (SSSR count). The molecule has 14 heteroatoms. The minimum Gasteiger partial charge on any atom is -0.378 e. The normalized spacial score (nSPS) is 15.9. The number of ether oxygens (including phenoxy) is 1. The highest BCUT2D eigenvalue weighted by molar-refractivity contribution is 7.51. The Morgan fingerprint density at radius 3 is 2.13 bits per heavy atom. The van der Waals surface area contributed by atoms with E-state index in [1.165, 1.54) is 62.7 Å². The van der Waals surface area contributed by atoms with E-state index >= 15 is 0 Å². The third kappa shape index (κ3) is 12.2. The molecule has 1 atom stereocenters. The van der Waals surface area contributed by atoms with Gasteiger partial charge in [-0.2, -0.15) is 0 Å². The number of unbranched alkanes of at least 4 members (excludes halogenated alkanes) is 11. The lowest BCUT2D eigenvalue weighted by Crippen LogP contribution is -2.40. The summed E-state index contributed by atoms with van der Waals surface area (Å²) >= 11 is 0. The molecule has 1 fully saturated rings. The fourth-order valence-electron chi connectivity index (χ4n) is 7.11. The smallest absolute Gasteiger partial charge is 0.378 e. The number of nitrogens with zero attached hydrogens (tertiary/aromatic N) is 6. The minimum absolute atomic E-state index is 0.00711. The van der Waals surface area contributed by atoms with Gasteiger partial charge in [-0.25, -0.2) is 9.65 Å². The summed E-state index contributed by atoms with van der Waals surface area (Å²) in [7, 11) is 0.448. The Morgan fingerprint density at radius 1 is 0.833 bits per heavy atom. The lowest BCUT2D eigenvalue weighted by atomic mass is 9.92. The minimum atomic E-state index is -3.48. The first-order valence-electron chi connectivity index (χ1n) is 20.2. The summed E-state index contributed by atoms with van der Waals surface area (Å²) in [4.78, 5) is 32.9. The predicted octanol–water partition coefficient (Wildman–Crippen LogP) is 7.45. The number of hydrogen-bond donors (Lipinski definition) is 1. The number of aromatic nitrogens is 3. The Labute approximate surface area is 321 Å². The summed E-state index contributed by atoms with van der Waals surface area (Å²) in [5, 5.41) is 13.1. The third-order valence-electron chi connectivity index (χ3n) is 10.1. The van der Waals surface area contributed by atoms with Gasteiger partial charge in [-0.15, -0.1) is 5.10 Å². The van der Waals surface area contributed by atoms with Gasteiger partial charge in [-0.05, 0) is 45.1 Å². The molecular weight excluding hydrogens is 705 g/mol. The van der Waals surface area contributed by atoms with Crippen LogP contribution in [0, 0.1) is 0 Å². The molecule has 3 aromatic rings. The van der Waals surface area contributed by atoms with Gasteiger partial charge < -0.3 is 14.5 Å². The van der Waals surface area contributed by atoms with Gasteiger partial charge in [0.1, 0.15) is 5.69 Å². The molecule has 0 bridgehead atoms. The molecule has 13 nitrogen and oxygen atoms in total. The van der Waals surface area contributed by atoms with E-state index in [4.69, 9.17) is 13.8 Å². The molecule has 0 aliphatic carbocycles. The van der Waals surface area contributed by atoms with Crippen molar-refractivity contribution in [1.82, 2.24) is 29.9 Å². The number of morpholine rings is 1. The molecule has 2 aliphatic heterocycles. The van der Waals surface area contributed by atoms with Crippen LogP contribution in [0.1, 0.15) is 117 Å². The first-order valence-corrected chi connectivity index (χ1v) is 21.8. The Hall–Kier alpha value is -3.19. The molecule has 2 aliphatic rings. The fraction of sp³-hybridized carbons (Fsp3) is 0.650. The molecule has 2 aromatic carbocycles. The molecule has 1 unspecified atom stereocenters. The van der Waals surface area contributed by atoms with Gasteiger partial charge in [0.2, 0.25) is 0 Å². The maximum Gasteiger partial charge on any atom is 0.405 e. The lowest BCUT2D eigenvalue weighted by Gasteiger charge is -2.32. The first-order chi connectivity index (χ1) is 26.3. The van der Waals surface area contributed by atoms with Crippen molar-refractivity contribution >= 4 is 36.0 Å². The number of likely N-dealkylation sites (N-methyl/N-ethyl adjacent to an activating group) is 1. The maximum atomic E-state index is 13.7. The van der Waals surface area contributed by atoms with Crippen LogP contribution in [0.25, 0.3) is 10.8 Å². The number of aryl methyl sites for hydroxylation is 1. The van der Waals surface area contributed by atoms with Gasteiger partial charge in [-0.1, -0.05) is 94.9 Å². The van der Waals surface area contributed by atoms with Gasteiger partial charge in [0, 0.05) is 60.3 Å². The van der Waals surface area contributed by atoms with Gasteiger partial charge in [0.05, 0.1) is 39.2 Å². The molecule has 2 amide bonds. The first kappa shape index (κ1) is 42.0. The largest absolute Gasteiger partial charge is 0.405 e. The molecule has 54 heavy (non-hydrogen) atoms. The third-order valence-corrected chi connectivity index (χ3v) is 11.8. The van der Waals surface area contributed by atoms with Crippen LogP contribution in [-0.2, 0) is 31.4 Å². The molecule has 0 spiro atoms. The number of carbonyl (C=O) groups excluding carboxylic acids is 2. The molecule has 0 radical (unpaired) electrons. The van der Waals surface area contributed by atoms with Gasteiger partial charge in [0.15, 0.2) is 0 Å². The molecule has 3 heterocycles. The highest BCUT2D eigenvalue weighted by Gasteiger charge is 2.34. The monoisotopic (exact) mass is 767 g/mol. The zero-order chi connectivity index (χ0) is 38.2. The summed E-state index contributed by atoms with van der Waals surface area (Å²) in [6, 6.07) is 9.42. The van der Waals surface area contributed by atoms with Crippen LogP contribution in [0.2, 0.25) is 0 Å². The van der Waals surface area contributed by atoms with Gasteiger partial charge in [0.25, 0.3) is 11.8 Å². The summed E-state index contributed by atoms with van der Waals surface area (Å²) in [5.41, 5.74) is 2.52. The Kier molecular flexibility index (Phi) is 16.9. The Balaban J connectivity index is 1.06. The Morgan fingerprint density at radius 2 is 1.46 bits per heavy atom. The molecule has 1 saturated heterocycles. The van der Waals surface area contributed by atoms with Crippen molar-refractivity contribution in [3.8, 4) is 0 Å². The van der Waals surface area contributed by atoms with Crippen molar-refractivity contribution in [3.63, 3.8) is 0 Å². The van der Waals surface area contributed by atoms with E-state index in [-0.39, 0.29) is 25.0 Å². The second-order valence-electron chi connectivity index (χ2n) is 14.7. The van der Waals surface area contributed by atoms with E-state index in [0.29, 0.717) is 68.1 Å². The topological polar surface area (TPSA) is 131 Å². The van der Waals surface area contributed by atoms with Crippen LogP contribution in [0.3, 0.4) is 0 Å². The number of hydrogen-bond acceptors (Lipinski definition) is 10. The van der Waals surface area contributed by atoms with Crippen molar-refractivity contribution in [2.45, 2.75) is 103 Å². The van der Waals surface area contributed by atoms with Crippen LogP contribution < -0.4 is 9.99 Å². The number of imide groups is 1. The van der Waals surface area contributed by atoms with Crippen LogP contribution in [0.5, 0.6) is 0 Å². The molecule has 1 aromatic heterocycles. The van der Waals surface area contributed by atoms with Crippen molar-refractivity contribution in [2.24, 2.45) is 0 Å². The summed E-state index contributed by atoms with van der Waals surface area (Å²) in [5.74, 6) is -0.692. The predicted molar refractivity (Wildman–Crippen MR) is 213 cm³/mol. The standard InChI is InChI=1S/C40H62N7O6P/c1-4-5-6-7-8-9-10-11-12-13-14-15-27-52-54(50,41-22-24-44(2)3)53-28-17-23-46-31-33(42-43-46)32-47-39(48)35-19-16-18-34-37(45-25-29-51-30-26-45)21-20-36(38(34)35)40(47)49/h16,18-21,31H,4-15,17,22-30,32H2,1-3H3,(H,41,50). The van der Waals surface area contributed by atoms with Crippen LogP contribution >= 0.6 is 7.75 Å². The SMILES string of the molecule is CCCCCCCCCCCCCCOP(=O)(NCCN(C)C)OCCCn1cc(CN2C(=O)c3cccc4c(N5CCOCC5)ccc(c34)C2=O)nn1. The number of rotatable bonds is 26. The number of nitrogens with one attached hydrogen (secondary N) is 1. The molecule has 298 valence electrons. The summed E-state index contributed by atoms with van der Waals surface area (Å²) in [6.45, 7) is 7.30. The lowest BCUT2D eigenvalue weighted by molar-refractivity contribution is 0.0596.